The van der Waals surface area contributed by atoms with Gasteiger partial charge < -0.3 is 5.73 Å². The maximum Gasteiger partial charge on any atom is 0.159 e. The number of nitrogen functional groups attached to an aromatic ring is 1. The van der Waals surface area contributed by atoms with Crippen LogP contribution in [0.15, 0.2) is 18.5 Å². The number of hydrogen-bond acceptors (Lipinski definition) is 4. The molecule has 2 heterocycles. The predicted octanol–water partition coefficient (Wildman–Crippen LogP) is 3.07. The van der Waals surface area contributed by atoms with Crippen LogP contribution < -0.4 is 5.73 Å². The van der Waals surface area contributed by atoms with Crippen molar-refractivity contribution in [1.29, 1.82) is 0 Å². The van der Waals surface area contributed by atoms with Crippen molar-refractivity contribution in [3.8, 4) is 0 Å². The molecule has 0 atom stereocenters. The molecule has 0 amide bonds. The van der Waals surface area contributed by atoms with E-state index >= 15 is 0 Å². The molecule has 0 saturated heterocycles. The molecular weight excluding hydrogens is 236 g/mol. The van der Waals surface area contributed by atoms with Crippen molar-refractivity contribution >= 4 is 28.2 Å². The topological polar surface area (TPSA) is 64.7 Å². The van der Waals surface area contributed by atoms with Gasteiger partial charge in [-0.1, -0.05) is 37.8 Å². The summed E-state index contributed by atoms with van der Waals surface area (Å²) in [6.07, 6.45) is 7.71. The third-order valence-corrected chi connectivity index (χ3v) is 3.24. The summed E-state index contributed by atoms with van der Waals surface area (Å²) in [7, 11) is 0. The molecule has 0 radical (unpaired) electrons. The summed E-state index contributed by atoms with van der Waals surface area (Å²) >= 11 is 5.77. The Morgan fingerprint density at radius 1 is 1.29 bits per heavy atom. The molecule has 2 N–H and O–H groups in total. The first-order valence-corrected chi connectivity index (χ1v) is 6.07. The molecule has 0 aliphatic heterocycles. The second kappa shape index (κ2) is 5.27. The smallest absolute Gasteiger partial charge is 0.159 e. The van der Waals surface area contributed by atoms with E-state index < -0.39 is 0 Å². The number of pyridine rings is 1. The maximum absolute atomic E-state index is 5.77. The lowest BCUT2D eigenvalue weighted by atomic mass is 9.88. The van der Waals surface area contributed by atoms with Gasteiger partial charge in [0, 0.05) is 23.2 Å². The zero-order chi connectivity index (χ0) is 12.3. The highest BCUT2D eigenvalue weighted by Crippen LogP contribution is 2.24. The normalized spacial score (nSPS) is 14.9. The van der Waals surface area contributed by atoms with Gasteiger partial charge in [-0.25, -0.2) is 0 Å². The van der Waals surface area contributed by atoms with Gasteiger partial charge in [-0.2, -0.15) is 0 Å². The van der Waals surface area contributed by atoms with Crippen molar-refractivity contribution in [2.24, 2.45) is 5.92 Å². The largest absolute Gasteiger partial charge is 0.382 e. The van der Waals surface area contributed by atoms with Crippen molar-refractivity contribution in [3.63, 3.8) is 0 Å². The summed E-state index contributed by atoms with van der Waals surface area (Å²) in [6.45, 7) is 2.31. The van der Waals surface area contributed by atoms with Gasteiger partial charge >= 0.3 is 0 Å². The molecule has 2 aromatic heterocycles. The molecule has 0 unspecified atom stereocenters. The molecule has 1 saturated carbocycles. The summed E-state index contributed by atoms with van der Waals surface area (Å²) in [4.78, 5) is 3.91. The lowest BCUT2D eigenvalue weighted by Gasteiger charge is -2.18. The van der Waals surface area contributed by atoms with Gasteiger partial charge in [0.05, 0.1) is 0 Å². The third-order valence-electron chi connectivity index (χ3n) is 2.96. The Kier molecular flexibility index (Phi) is 3.74. The summed E-state index contributed by atoms with van der Waals surface area (Å²) < 4.78 is 0. The summed E-state index contributed by atoms with van der Waals surface area (Å²) in [6, 6.07) is 1.75. The van der Waals surface area contributed by atoms with Crippen LogP contribution in [-0.4, -0.2) is 15.2 Å². The van der Waals surface area contributed by atoms with Crippen molar-refractivity contribution in [2.45, 2.75) is 26.2 Å². The number of aromatic nitrogens is 3. The molecule has 90 valence electrons. The molecule has 1 fully saturated rings. The Labute approximate surface area is 105 Å². The Bertz CT molecular complexity index is 470. The molecule has 1 aliphatic rings. The number of halogens is 1. The summed E-state index contributed by atoms with van der Waals surface area (Å²) in [5, 5.41) is 9.19. The van der Waals surface area contributed by atoms with E-state index in [2.05, 4.69) is 22.1 Å². The van der Waals surface area contributed by atoms with Gasteiger partial charge in [-0.15, -0.1) is 10.2 Å². The second-order valence-corrected chi connectivity index (χ2v) is 4.69. The van der Waals surface area contributed by atoms with Crippen molar-refractivity contribution < 1.29 is 0 Å². The quantitative estimate of drug-likeness (QED) is 0.780. The van der Waals surface area contributed by atoms with Gasteiger partial charge in [0.1, 0.15) is 0 Å². The van der Waals surface area contributed by atoms with Crippen LogP contribution in [0.5, 0.6) is 0 Å². The number of nitrogens with zero attached hydrogens (tertiary/aromatic N) is 3. The second-order valence-electron chi connectivity index (χ2n) is 4.33. The van der Waals surface area contributed by atoms with E-state index in [1.54, 1.807) is 18.5 Å². The van der Waals surface area contributed by atoms with Gasteiger partial charge in [0.25, 0.3) is 0 Å². The van der Waals surface area contributed by atoms with Crippen LogP contribution >= 0.6 is 11.6 Å². The predicted molar refractivity (Wildman–Crippen MR) is 69.8 cm³/mol. The molecular formula is C12H15ClN4. The van der Waals surface area contributed by atoms with E-state index in [1.807, 2.05) is 0 Å². The van der Waals surface area contributed by atoms with Crippen LogP contribution in [0.3, 0.4) is 0 Å². The highest BCUT2D eigenvalue weighted by atomic mass is 35.5. The Hall–Kier alpha value is -1.42. The average molecular weight is 251 g/mol. The van der Waals surface area contributed by atoms with Crippen LogP contribution in [0.4, 0.5) is 5.82 Å². The SMILES string of the molecule is CC1CCC1.Nc1nnc(Cl)c2ccncc12. The molecule has 5 heteroatoms. The van der Waals surface area contributed by atoms with E-state index in [-0.39, 0.29) is 0 Å². The minimum atomic E-state index is 0.349. The minimum Gasteiger partial charge on any atom is -0.382 e. The number of rotatable bonds is 0. The summed E-state index contributed by atoms with van der Waals surface area (Å²) in [5.41, 5.74) is 5.55. The molecule has 17 heavy (non-hydrogen) atoms. The van der Waals surface area contributed by atoms with Crippen molar-refractivity contribution in [2.75, 3.05) is 5.73 Å². The van der Waals surface area contributed by atoms with Gasteiger partial charge in [-0.05, 0) is 12.0 Å². The third kappa shape index (κ3) is 2.82. The molecule has 0 bridgehead atoms. The fourth-order valence-corrected chi connectivity index (χ4v) is 1.80. The highest BCUT2D eigenvalue weighted by molar-refractivity contribution is 6.34. The van der Waals surface area contributed by atoms with Crippen LogP contribution in [0.1, 0.15) is 26.2 Å². The van der Waals surface area contributed by atoms with E-state index in [1.165, 1.54) is 19.3 Å². The number of anilines is 1. The Morgan fingerprint density at radius 2 is 2.00 bits per heavy atom. The zero-order valence-electron chi connectivity index (χ0n) is 9.73. The van der Waals surface area contributed by atoms with E-state index in [0.29, 0.717) is 11.0 Å². The first kappa shape index (κ1) is 12.0. The Morgan fingerprint density at radius 3 is 2.53 bits per heavy atom. The lowest BCUT2D eigenvalue weighted by molar-refractivity contribution is 0.346. The zero-order valence-corrected chi connectivity index (χ0v) is 10.5. The number of hydrogen-bond donors (Lipinski definition) is 1. The molecule has 3 rings (SSSR count). The average Bonchev–Trinajstić information content (AvgIpc) is 2.33. The first-order chi connectivity index (χ1) is 8.18. The van der Waals surface area contributed by atoms with Crippen LogP contribution in [0, 0.1) is 5.92 Å². The Balaban J connectivity index is 0.000000181. The van der Waals surface area contributed by atoms with E-state index in [9.17, 15) is 0 Å². The van der Waals surface area contributed by atoms with E-state index in [4.69, 9.17) is 17.3 Å². The summed E-state index contributed by atoms with van der Waals surface area (Å²) in [5.74, 6) is 1.41. The first-order valence-electron chi connectivity index (χ1n) is 5.70. The number of fused-ring (bicyclic) bond motifs is 1. The van der Waals surface area contributed by atoms with Crippen LogP contribution in [0.25, 0.3) is 10.8 Å². The molecule has 4 nitrogen and oxygen atoms in total. The monoisotopic (exact) mass is 250 g/mol. The van der Waals surface area contributed by atoms with Crippen LogP contribution in [0.2, 0.25) is 5.15 Å². The molecule has 0 spiro atoms. The van der Waals surface area contributed by atoms with Crippen molar-refractivity contribution in [3.05, 3.63) is 23.6 Å². The minimum absolute atomic E-state index is 0.349. The fraction of sp³-hybridized carbons (Fsp3) is 0.417. The number of nitrogens with two attached hydrogens (primary N) is 1. The van der Waals surface area contributed by atoms with Gasteiger partial charge in [0.2, 0.25) is 0 Å². The molecule has 0 aromatic carbocycles. The van der Waals surface area contributed by atoms with Crippen molar-refractivity contribution in [1.82, 2.24) is 15.2 Å². The fourth-order valence-electron chi connectivity index (χ4n) is 1.60. The van der Waals surface area contributed by atoms with E-state index in [0.717, 1.165) is 16.7 Å². The van der Waals surface area contributed by atoms with Crippen LogP contribution in [-0.2, 0) is 0 Å². The standard InChI is InChI=1S/C7H5ClN4.C5H10/c8-6-4-1-2-10-3-5(4)7(9)12-11-6;1-5-3-2-4-5/h1-3H,(H2,9,12);5H,2-4H2,1H3. The molecule has 2 aromatic rings. The lowest BCUT2D eigenvalue weighted by Crippen LogP contribution is -2.04. The van der Waals surface area contributed by atoms with Gasteiger partial charge in [0.15, 0.2) is 11.0 Å². The highest BCUT2D eigenvalue weighted by Gasteiger charge is 2.09. The maximum atomic E-state index is 5.77. The van der Waals surface area contributed by atoms with Gasteiger partial charge in [-0.3, -0.25) is 4.98 Å². The molecule has 1 aliphatic carbocycles.